The minimum Gasteiger partial charge on any atom is -0.508 e. The maximum atomic E-state index is 12.3. The van der Waals surface area contributed by atoms with Crippen LogP contribution in [-0.4, -0.2) is 55.5 Å². The molecule has 0 radical (unpaired) electrons. The maximum absolute atomic E-state index is 12.3. The summed E-state index contributed by atoms with van der Waals surface area (Å²) >= 11 is 12.2. The van der Waals surface area contributed by atoms with E-state index in [0.717, 1.165) is 0 Å². The van der Waals surface area contributed by atoms with E-state index in [0.29, 0.717) is 35.0 Å². The highest BCUT2D eigenvalue weighted by Gasteiger charge is 2.39. The number of carbonyl (C=O) groups excluding carboxylic acids is 1. The molecule has 2 heterocycles. The number of hydrogen-bond acceptors (Lipinski definition) is 5. The molecule has 2 fully saturated rings. The smallest absolute Gasteiger partial charge is 0.222 e. The monoisotopic (exact) mass is 406 g/mol. The van der Waals surface area contributed by atoms with Crippen LogP contribution in [0.2, 0.25) is 10.0 Å². The van der Waals surface area contributed by atoms with Gasteiger partial charge in [0.05, 0.1) is 15.3 Å². The van der Waals surface area contributed by atoms with Crippen LogP contribution in [-0.2, 0) is 14.6 Å². The van der Waals surface area contributed by atoms with E-state index in [1.807, 2.05) is 0 Å². The summed E-state index contributed by atoms with van der Waals surface area (Å²) in [6.07, 6.45) is 2.20. The SMILES string of the molecule is CS(=O)(=O)C1CN(C(=O)C[C@H]2CN[C@@H](c3c(O)ccc(Cl)c3Cl)C2)C1. The van der Waals surface area contributed by atoms with Crippen molar-refractivity contribution in [2.45, 2.75) is 24.1 Å². The lowest BCUT2D eigenvalue weighted by Gasteiger charge is -2.38. The Kier molecular flexibility index (Phi) is 5.21. The van der Waals surface area contributed by atoms with Crippen LogP contribution in [0.25, 0.3) is 0 Å². The van der Waals surface area contributed by atoms with E-state index in [1.165, 1.54) is 12.3 Å². The lowest BCUT2D eigenvalue weighted by atomic mass is 9.96. The van der Waals surface area contributed by atoms with E-state index in [4.69, 9.17) is 23.2 Å². The van der Waals surface area contributed by atoms with Crippen LogP contribution >= 0.6 is 23.2 Å². The highest BCUT2D eigenvalue weighted by molar-refractivity contribution is 7.91. The summed E-state index contributed by atoms with van der Waals surface area (Å²) in [5, 5.41) is 13.6. The molecule has 0 spiro atoms. The average molecular weight is 407 g/mol. The van der Waals surface area contributed by atoms with Gasteiger partial charge in [0.2, 0.25) is 5.91 Å². The zero-order valence-corrected chi connectivity index (χ0v) is 16.0. The lowest BCUT2D eigenvalue weighted by molar-refractivity contribution is -0.135. The van der Waals surface area contributed by atoms with Gasteiger partial charge in [0.25, 0.3) is 0 Å². The summed E-state index contributed by atoms with van der Waals surface area (Å²) < 4.78 is 22.8. The number of phenols is 1. The highest BCUT2D eigenvalue weighted by Crippen LogP contribution is 2.41. The molecule has 0 aliphatic carbocycles. The van der Waals surface area contributed by atoms with Crippen molar-refractivity contribution < 1.29 is 18.3 Å². The van der Waals surface area contributed by atoms with Crippen molar-refractivity contribution in [1.82, 2.24) is 10.2 Å². The molecule has 9 heteroatoms. The van der Waals surface area contributed by atoms with E-state index >= 15 is 0 Å². The molecule has 2 saturated heterocycles. The van der Waals surface area contributed by atoms with Gasteiger partial charge in [-0.3, -0.25) is 4.79 Å². The van der Waals surface area contributed by atoms with Crippen LogP contribution in [0.15, 0.2) is 12.1 Å². The lowest BCUT2D eigenvalue weighted by Crippen LogP contribution is -2.56. The number of aromatic hydroxyl groups is 1. The number of halogens is 2. The van der Waals surface area contributed by atoms with Gasteiger partial charge in [-0.25, -0.2) is 8.42 Å². The molecule has 2 aliphatic heterocycles. The highest BCUT2D eigenvalue weighted by atomic mass is 35.5. The molecule has 2 aliphatic rings. The summed E-state index contributed by atoms with van der Waals surface area (Å²) in [5.41, 5.74) is 0.560. The summed E-state index contributed by atoms with van der Waals surface area (Å²) in [6.45, 7) is 1.19. The van der Waals surface area contributed by atoms with Crippen molar-refractivity contribution >= 4 is 38.9 Å². The van der Waals surface area contributed by atoms with E-state index < -0.39 is 15.1 Å². The Morgan fingerprint density at radius 1 is 1.36 bits per heavy atom. The number of phenolic OH excluding ortho intramolecular Hbond substituents is 1. The number of carbonyl (C=O) groups is 1. The summed E-state index contributed by atoms with van der Waals surface area (Å²) in [4.78, 5) is 13.9. The van der Waals surface area contributed by atoms with Gasteiger partial charge in [-0.05, 0) is 31.0 Å². The Labute approximate surface area is 157 Å². The average Bonchev–Trinajstić information content (AvgIpc) is 2.88. The number of nitrogens with one attached hydrogen (secondary N) is 1. The van der Waals surface area contributed by atoms with Gasteiger partial charge < -0.3 is 15.3 Å². The minimum absolute atomic E-state index is 0.0336. The molecule has 138 valence electrons. The Bertz CT molecular complexity index is 794. The predicted molar refractivity (Wildman–Crippen MR) is 96.8 cm³/mol. The first-order valence-corrected chi connectivity index (χ1v) is 10.7. The maximum Gasteiger partial charge on any atom is 0.222 e. The Morgan fingerprint density at radius 2 is 2.04 bits per heavy atom. The molecule has 1 amide bonds. The number of rotatable bonds is 4. The number of hydrogen-bond donors (Lipinski definition) is 2. The first kappa shape index (κ1) is 18.8. The molecule has 0 unspecified atom stereocenters. The first-order valence-electron chi connectivity index (χ1n) is 8.03. The molecule has 6 nitrogen and oxygen atoms in total. The normalized spacial score (nSPS) is 24.4. The van der Waals surface area contributed by atoms with E-state index in [2.05, 4.69) is 5.32 Å². The fourth-order valence-electron chi connectivity index (χ4n) is 3.36. The zero-order chi connectivity index (χ0) is 18.4. The summed E-state index contributed by atoms with van der Waals surface area (Å²) in [5.74, 6) is 0.149. The third-order valence-corrected chi connectivity index (χ3v) is 7.28. The molecule has 0 saturated carbocycles. The fraction of sp³-hybridized carbons (Fsp3) is 0.562. The molecule has 1 aromatic carbocycles. The largest absolute Gasteiger partial charge is 0.508 e. The van der Waals surface area contributed by atoms with Gasteiger partial charge in [0.15, 0.2) is 9.84 Å². The topological polar surface area (TPSA) is 86.7 Å². The number of sulfone groups is 1. The van der Waals surface area contributed by atoms with Crippen molar-refractivity contribution in [3.8, 4) is 5.75 Å². The van der Waals surface area contributed by atoms with Crippen LogP contribution in [0.3, 0.4) is 0 Å². The van der Waals surface area contributed by atoms with Gasteiger partial charge >= 0.3 is 0 Å². The first-order chi connectivity index (χ1) is 11.7. The molecule has 2 N–H and O–H groups in total. The van der Waals surface area contributed by atoms with E-state index in [-0.39, 0.29) is 36.7 Å². The van der Waals surface area contributed by atoms with Gasteiger partial charge in [-0.15, -0.1) is 0 Å². The molecule has 1 aromatic rings. The van der Waals surface area contributed by atoms with Crippen LogP contribution < -0.4 is 5.32 Å². The number of benzene rings is 1. The third kappa shape index (κ3) is 3.89. The van der Waals surface area contributed by atoms with Crippen molar-refractivity contribution in [3.63, 3.8) is 0 Å². The quantitative estimate of drug-likeness (QED) is 0.798. The van der Waals surface area contributed by atoms with Gasteiger partial charge in [-0.2, -0.15) is 0 Å². The molecule has 3 rings (SSSR count). The summed E-state index contributed by atoms with van der Waals surface area (Å²) in [7, 11) is -3.08. The standard InChI is InChI=1S/C16H20Cl2N2O4S/c1-25(23,24)10-7-20(8-10)14(22)5-9-4-12(19-6-9)15-13(21)3-2-11(17)16(15)18/h2-3,9-10,12,19,21H,4-8H2,1H3/t9-,12+/m0/s1. The molecule has 25 heavy (non-hydrogen) atoms. The van der Waals surface area contributed by atoms with Gasteiger partial charge in [0.1, 0.15) is 5.75 Å². The van der Waals surface area contributed by atoms with Gasteiger partial charge in [0, 0.05) is 37.4 Å². The predicted octanol–water partition coefficient (Wildman–Crippen LogP) is 2.00. The fourth-order valence-corrected chi connectivity index (χ4v) is 4.72. The van der Waals surface area contributed by atoms with Crippen molar-refractivity contribution in [2.24, 2.45) is 5.92 Å². The Hall–Kier alpha value is -1.02. The van der Waals surface area contributed by atoms with Crippen LogP contribution in [0.5, 0.6) is 5.75 Å². The van der Waals surface area contributed by atoms with Crippen molar-refractivity contribution in [1.29, 1.82) is 0 Å². The number of amides is 1. The van der Waals surface area contributed by atoms with Crippen molar-refractivity contribution in [2.75, 3.05) is 25.9 Å². The third-order valence-electron chi connectivity index (χ3n) is 4.95. The van der Waals surface area contributed by atoms with Crippen LogP contribution in [0, 0.1) is 5.92 Å². The zero-order valence-electron chi connectivity index (χ0n) is 13.7. The molecule has 0 bridgehead atoms. The van der Waals surface area contributed by atoms with E-state index in [9.17, 15) is 18.3 Å². The van der Waals surface area contributed by atoms with Crippen molar-refractivity contribution in [3.05, 3.63) is 27.7 Å². The Morgan fingerprint density at radius 3 is 2.68 bits per heavy atom. The van der Waals surface area contributed by atoms with Crippen LogP contribution in [0.1, 0.15) is 24.4 Å². The molecular formula is C16H20Cl2N2O4S. The molecular weight excluding hydrogens is 387 g/mol. The number of nitrogens with zero attached hydrogens (tertiary/aromatic N) is 1. The van der Waals surface area contributed by atoms with Crippen LogP contribution in [0.4, 0.5) is 0 Å². The molecule has 2 atom stereocenters. The second kappa shape index (κ2) is 6.95. The second-order valence-electron chi connectivity index (χ2n) is 6.81. The second-order valence-corrected chi connectivity index (χ2v) is 9.92. The number of likely N-dealkylation sites (tertiary alicyclic amines) is 1. The minimum atomic E-state index is -3.08. The Balaban J connectivity index is 1.58. The summed E-state index contributed by atoms with van der Waals surface area (Å²) in [6, 6.07) is 2.89. The molecule has 0 aromatic heterocycles. The van der Waals surface area contributed by atoms with Gasteiger partial charge in [-0.1, -0.05) is 23.2 Å². The van der Waals surface area contributed by atoms with E-state index in [1.54, 1.807) is 11.0 Å².